The Kier molecular flexibility index (Phi) is 3.20. The molecule has 0 unspecified atom stereocenters. The van der Waals surface area contributed by atoms with E-state index in [-0.39, 0.29) is 10.1 Å². The van der Waals surface area contributed by atoms with E-state index in [9.17, 15) is 4.79 Å². The van der Waals surface area contributed by atoms with Crippen molar-refractivity contribution in [2.75, 3.05) is 5.33 Å². The minimum absolute atomic E-state index is 0.0434. The molecule has 0 rings (SSSR count). The van der Waals surface area contributed by atoms with Gasteiger partial charge in [-0.15, -0.1) is 0 Å². The van der Waals surface area contributed by atoms with Crippen LogP contribution in [0.25, 0.3) is 0 Å². The van der Waals surface area contributed by atoms with Gasteiger partial charge in [-0.05, 0) is 15.9 Å². The smallest absolute Gasteiger partial charge is 0.204 e. The van der Waals surface area contributed by atoms with Crippen LogP contribution >= 0.6 is 31.9 Å². The number of halogens is 2. The number of alkyl halides is 1. The Morgan fingerprint density at radius 1 is 1.62 bits per heavy atom. The van der Waals surface area contributed by atoms with E-state index < -0.39 is 0 Å². The van der Waals surface area contributed by atoms with Crippen molar-refractivity contribution in [3.05, 3.63) is 0 Å². The van der Waals surface area contributed by atoms with E-state index in [1.165, 1.54) is 0 Å². The highest BCUT2D eigenvalue weighted by Crippen LogP contribution is 2.21. The van der Waals surface area contributed by atoms with Crippen LogP contribution in [0.3, 0.4) is 0 Å². The van der Waals surface area contributed by atoms with E-state index in [0.29, 0.717) is 5.33 Å². The topological polar surface area (TPSA) is 17.1 Å². The quantitative estimate of drug-likeness (QED) is 0.538. The van der Waals surface area contributed by atoms with Gasteiger partial charge in [0.05, 0.1) is 0 Å². The van der Waals surface area contributed by atoms with E-state index in [2.05, 4.69) is 31.9 Å². The molecule has 0 amide bonds. The molecule has 0 N–H and O–H groups in total. The molecule has 0 aliphatic carbocycles. The van der Waals surface area contributed by atoms with Crippen molar-refractivity contribution in [2.24, 2.45) is 5.41 Å². The predicted octanol–water partition coefficient (Wildman–Crippen LogP) is 2.33. The standard InChI is InChI=1S/C5H8Br2O/c1-5(2,3-6)4(7)8/h3H2,1-2H3. The summed E-state index contributed by atoms with van der Waals surface area (Å²) >= 11 is 6.11. The third-order valence-corrected chi connectivity index (χ3v) is 3.34. The molecule has 0 aliphatic heterocycles. The fourth-order valence-corrected chi connectivity index (χ4v) is 0.824. The fraction of sp³-hybridized carbons (Fsp3) is 0.800. The van der Waals surface area contributed by atoms with E-state index >= 15 is 0 Å². The average Bonchev–Trinajstić information content (AvgIpc) is 1.67. The summed E-state index contributed by atoms with van der Waals surface area (Å²) < 4.78 is 0.0434. The first kappa shape index (κ1) is 8.63. The van der Waals surface area contributed by atoms with Crippen molar-refractivity contribution in [1.82, 2.24) is 0 Å². The summed E-state index contributed by atoms with van der Waals surface area (Å²) in [6, 6.07) is 0. The zero-order valence-corrected chi connectivity index (χ0v) is 8.04. The number of rotatable bonds is 2. The average molecular weight is 244 g/mol. The number of carbonyl (C=O) groups is 1. The predicted molar refractivity (Wildman–Crippen MR) is 41.5 cm³/mol. The van der Waals surface area contributed by atoms with Crippen LogP contribution in [0, 0.1) is 5.41 Å². The molecule has 0 saturated carbocycles. The van der Waals surface area contributed by atoms with Gasteiger partial charge >= 0.3 is 0 Å². The molecule has 0 atom stereocenters. The lowest BCUT2D eigenvalue weighted by molar-refractivity contribution is -0.116. The lowest BCUT2D eigenvalue weighted by Gasteiger charge is -2.14. The summed E-state index contributed by atoms with van der Waals surface area (Å²) in [6.45, 7) is 3.75. The van der Waals surface area contributed by atoms with Crippen LogP contribution < -0.4 is 0 Å². The fourth-order valence-electron chi connectivity index (χ4n) is 0.0525. The SMILES string of the molecule is CC(C)(CBr)C(=O)Br. The van der Waals surface area contributed by atoms with Gasteiger partial charge in [0.2, 0.25) is 4.69 Å². The second-order valence-electron chi connectivity index (χ2n) is 2.29. The first-order chi connectivity index (χ1) is 3.50. The van der Waals surface area contributed by atoms with Gasteiger partial charge in [-0.3, -0.25) is 4.79 Å². The van der Waals surface area contributed by atoms with Gasteiger partial charge in [0.25, 0.3) is 0 Å². The maximum Gasteiger partial charge on any atom is 0.204 e. The summed E-state index contributed by atoms with van der Waals surface area (Å²) in [5, 5.41) is 0.698. The summed E-state index contributed by atoms with van der Waals surface area (Å²) in [5.41, 5.74) is -0.264. The summed E-state index contributed by atoms with van der Waals surface area (Å²) in [6.07, 6.45) is 0. The number of hydrogen-bond acceptors (Lipinski definition) is 1. The van der Waals surface area contributed by atoms with Gasteiger partial charge in [0, 0.05) is 10.7 Å². The van der Waals surface area contributed by atoms with Gasteiger partial charge < -0.3 is 0 Å². The van der Waals surface area contributed by atoms with Gasteiger partial charge in [0.1, 0.15) is 0 Å². The minimum Gasteiger partial charge on any atom is -0.286 e. The molecule has 0 radical (unpaired) electrons. The second kappa shape index (κ2) is 2.97. The molecule has 8 heavy (non-hydrogen) atoms. The Morgan fingerprint density at radius 2 is 2.00 bits per heavy atom. The first-order valence-electron chi connectivity index (χ1n) is 2.26. The molecule has 3 heteroatoms. The van der Waals surface area contributed by atoms with Crippen LogP contribution in [-0.4, -0.2) is 10.0 Å². The highest BCUT2D eigenvalue weighted by molar-refractivity contribution is 9.18. The van der Waals surface area contributed by atoms with Crippen molar-refractivity contribution >= 4 is 36.6 Å². The zero-order chi connectivity index (χ0) is 6.78. The van der Waals surface area contributed by atoms with Gasteiger partial charge in [0.15, 0.2) is 0 Å². The van der Waals surface area contributed by atoms with Gasteiger partial charge in [-0.25, -0.2) is 0 Å². The summed E-state index contributed by atoms with van der Waals surface area (Å²) in [5.74, 6) is 0. The van der Waals surface area contributed by atoms with Crippen LogP contribution in [0.1, 0.15) is 13.8 Å². The molecule has 0 aromatic carbocycles. The third-order valence-electron chi connectivity index (χ3n) is 0.866. The lowest BCUT2D eigenvalue weighted by atomic mass is 10.00. The Balaban J connectivity index is 3.91. The molecule has 0 saturated heterocycles. The lowest BCUT2D eigenvalue weighted by Crippen LogP contribution is -2.20. The Labute approximate surface area is 66.1 Å². The highest BCUT2D eigenvalue weighted by Gasteiger charge is 2.22. The minimum atomic E-state index is -0.264. The second-order valence-corrected chi connectivity index (χ2v) is 3.57. The van der Waals surface area contributed by atoms with Crippen LogP contribution in [0.2, 0.25) is 0 Å². The van der Waals surface area contributed by atoms with Gasteiger partial charge in [-0.1, -0.05) is 29.8 Å². The molecular weight excluding hydrogens is 236 g/mol. The molecule has 0 heterocycles. The van der Waals surface area contributed by atoms with Crippen molar-refractivity contribution in [3.63, 3.8) is 0 Å². The summed E-state index contributed by atoms with van der Waals surface area (Å²) in [7, 11) is 0. The van der Waals surface area contributed by atoms with E-state index in [0.717, 1.165) is 0 Å². The molecule has 0 spiro atoms. The molecule has 0 fully saturated rings. The Hall–Kier alpha value is 0.630. The highest BCUT2D eigenvalue weighted by atomic mass is 79.9. The Morgan fingerprint density at radius 3 is 2.00 bits per heavy atom. The third kappa shape index (κ3) is 2.27. The molecule has 48 valence electrons. The normalized spacial score (nSPS) is 11.5. The molecule has 0 aliphatic rings. The molecular formula is C5H8Br2O. The molecule has 0 bridgehead atoms. The largest absolute Gasteiger partial charge is 0.286 e. The van der Waals surface area contributed by atoms with Crippen LogP contribution in [-0.2, 0) is 4.79 Å². The zero-order valence-electron chi connectivity index (χ0n) is 4.87. The van der Waals surface area contributed by atoms with Crippen molar-refractivity contribution in [1.29, 1.82) is 0 Å². The molecule has 1 nitrogen and oxygen atoms in total. The van der Waals surface area contributed by atoms with Gasteiger partial charge in [-0.2, -0.15) is 0 Å². The first-order valence-corrected chi connectivity index (χ1v) is 4.18. The molecule has 0 aromatic rings. The van der Waals surface area contributed by atoms with E-state index in [4.69, 9.17) is 0 Å². The number of hydrogen-bond donors (Lipinski definition) is 0. The number of carbonyl (C=O) groups excluding carboxylic acids is 1. The van der Waals surface area contributed by atoms with Crippen LogP contribution in [0.5, 0.6) is 0 Å². The summed E-state index contributed by atoms with van der Waals surface area (Å²) in [4.78, 5) is 10.6. The maximum atomic E-state index is 10.6. The van der Waals surface area contributed by atoms with Crippen molar-refractivity contribution in [3.8, 4) is 0 Å². The van der Waals surface area contributed by atoms with Crippen molar-refractivity contribution < 1.29 is 4.79 Å². The van der Waals surface area contributed by atoms with Crippen LogP contribution in [0.15, 0.2) is 0 Å². The maximum absolute atomic E-state index is 10.6. The van der Waals surface area contributed by atoms with E-state index in [1.807, 2.05) is 13.8 Å². The van der Waals surface area contributed by atoms with Crippen LogP contribution in [0.4, 0.5) is 0 Å². The van der Waals surface area contributed by atoms with E-state index in [1.54, 1.807) is 0 Å². The molecule has 0 aromatic heterocycles. The Bertz CT molecular complexity index is 98.6. The van der Waals surface area contributed by atoms with Crippen molar-refractivity contribution in [2.45, 2.75) is 13.8 Å². The monoisotopic (exact) mass is 242 g/mol.